The average Bonchev–Trinajstić information content (AvgIpc) is 3.53. The van der Waals surface area contributed by atoms with Gasteiger partial charge in [0.15, 0.2) is 0 Å². The highest BCUT2D eigenvalue weighted by Gasteiger charge is 2.23. The summed E-state index contributed by atoms with van der Waals surface area (Å²) in [6.07, 6.45) is 7.08. The molecule has 0 spiro atoms. The van der Waals surface area contributed by atoms with Crippen molar-refractivity contribution < 1.29 is 19.8 Å². The summed E-state index contributed by atoms with van der Waals surface area (Å²) in [5.41, 5.74) is 3.33. The summed E-state index contributed by atoms with van der Waals surface area (Å²) in [4.78, 5) is 24.8. The fourth-order valence-corrected chi connectivity index (χ4v) is 5.80. The Hall–Kier alpha value is -2.85. The van der Waals surface area contributed by atoms with Crippen LogP contribution in [0.15, 0.2) is 64.8 Å². The molecule has 3 heterocycles. The van der Waals surface area contributed by atoms with E-state index in [1.165, 1.54) is 16.9 Å². The highest BCUT2D eigenvalue weighted by atomic mass is 32.2. The van der Waals surface area contributed by atoms with Crippen LogP contribution in [-0.4, -0.2) is 50.6 Å². The molecule has 2 aromatic heterocycles. The van der Waals surface area contributed by atoms with Crippen LogP contribution in [0.3, 0.4) is 0 Å². The van der Waals surface area contributed by atoms with E-state index in [1.54, 1.807) is 33.9 Å². The number of carboxylic acid groups (broad SMARTS) is 1. The molecule has 1 atom stereocenters. The van der Waals surface area contributed by atoms with Gasteiger partial charge in [0.05, 0.1) is 6.10 Å². The Bertz CT molecular complexity index is 1200. The minimum absolute atomic E-state index is 0.0814. The van der Waals surface area contributed by atoms with E-state index in [0.717, 1.165) is 27.8 Å². The molecule has 0 aliphatic carbocycles. The topological polar surface area (TPSA) is 81.1 Å². The minimum atomic E-state index is -0.937. The second-order valence-corrected chi connectivity index (χ2v) is 10.9. The monoisotopic (exact) mass is 526 g/mol. The SMILES string of the molecule is O=C(O)c1ccc(CCN2C(=O)SC=CN2CCC(O)Cc2cccc(/C=C/c3ccsc3)c2)s1. The molecule has 0 saturated heterocycles. The van der Waals surface area contributed by atoms with Crippen molar-refractivity contribution in [2.24, 2.45) is 0 Å². The van der Waals surface area contributed by atoms with Crippen LogP contribution in [0.2, 0.25) is 0 Å². The predicted octanol–water partition coefficient (Wildman–Crippen LogP) is 6.07. The van der Waals surface area contributed by atoms with E-state index in [9.17, 15) is 14.7 Å². The molecule has 1 unspecified atom stereocenters. The number of nitrogens with zero attached hydrogens (tertiary/aromatic N) is 2. The highest BCUT2D eigenvalue weighted by molar-refractivity contribution is 8.16. The minimum Gasteiger partial charge on any atom is -0.477 e. The number of thiophene rings is 2. The Morgan fingerprint density at radius 2 is 1.94 bits per heavy atom. The maximum atomic E-state index is 12.5. The zero-order chi connectivity index (χ0) is 24.6. The average molecular weight is 527 g/mol. The zero-order valence-electron chi connectivity index (χ0n) is 18.9. The molecule has 1 aliphatic heterocycles. The molecular weight excluding hydrogens is 500 g/mol. The number of carbonyl (C=O) groups excluding carboxylic acids is 1. The van der Waals surface area contributed by atoms with E-state index in [0.29, 0.717) is 37.2 Å². The van der Waals surface area contributed by atoms with Crippen LogP contribution in [0, 0.1) is 0 Å². The van der Waals surface area contributed by atoms with Gasteiger partial charge in [0, 0.05) is 30.6 Å². The van der Waals surface area contributed by atoms with Crippen LogP contribution in [0.5, 0.6) is 0 Å². The summed E-state index contributed by atoms with van der Waals surface area (Å²) >= 11 is 4.02. The normalized spacial score (nSPS) is 14.7. The van der Waals surface area contributed by atoms with Gasteiger partial charge in [-0.25, -0.2) is 9.80 Å². The number of amides is 1. The number of carboxylic acids is 1. The van der Waals surface area contributed by atoms with Gasteiger partial charge < -0.3 is 10.2 Å². The largest absolute Gasteiger partial charge is 0.477 e. The number of carbonyl (C=O) groups is 2. The lowest BCUT2D eigenvalue weighted by Gasteiger charge is -2.36. The standard InChI is InChI=1S/C26H26N2O4S3/c29-22(17-21-3-1-2-19(16-21)4-5-20-10-14-33-18-20)8-11-27-13-15-34-26(32)28(27)12-9-23-6-7-24(35-23)25(30)31/h1-7,10,13-16,18,22,29H,8-9,11-12,17H2,(H,30,31)/b5-4+. The molecule has 1 aliphatic rings. The lowest BCUT2D eigenvalue weighted by Crippen LogP contribution is -2.45. The predicted molar refractivity (Wildman–Crippen MR) is 145 cm³/mol. The van der Waals surface area contributed by atoms with Gasteiger partial charge in [-0.1, -0.05) is 36.4 Å². The van der Waals surface area contributed by atoms with E-state index < -0.39 is 12.1 Å². The Morgan fingerprint density at radius 3 is 2.71 bits per heavy atom. The Balaban J connectivity index is 1.30. The molecule has 1 aromatic carbocycles. The van der Waals surface area contributed by atoms with Gasteiger partial charge >= 0.3 is 11.2 Å². The number of aromatic carboxylic acids is 1. The Morgan fingerprint density at radius 1 is 1.09 bits per heavy atom. The van der Waals surface area contributed by atoms with Gasteiger partial charge in [-0.3, -0.25) is 9.80 Å². The third-order valence-electron chi connectivity index (χ3n) is 5.49. The van der Waals surface area contributed by atoms with E-state index in [1.807, 2.05) is 29.4 Å². The second kappa shape index (κ2) is 12.2. The summed E-state index contributed by atoms with van der Waals surface area (Å²) in [5.74, 6) is -0.937. The summed E-state index contributed by atoms with van der Waals surface area (Å²) in [6.45, 7) is 0.955. The summed E-state index contributed by atoms with van der Waals surface area (Å²) in [7, 11) is 0. The molecule has 1 amide bonds. The molecule has 4 rings (SSSR count). The number of hydrazine groups is 1. The van der Waals surface area contributed by atoms with Crippen LogP contribution in [0.25, 0.3) is 12.2 Å². The molecule has 9 heteroatoms. The lowest BCUT2D eigenvalue weighted by molar-refractivity contribution is 0.0548. The molecule has 0 saturated carbocycles. The molecule has 6 nitrogen and oxygen atoms in total. The van der Waals surface area contributed by atoms with E-state index in [4.69, 9.17) is 5.11 Å². The maximum absolute atomic E-state index is 12.5. The Kier molecular flexibility index (Phi) is 8.81. The van der Waals surface area contributed by atoms with Crippen molar-refractivity contribution >= 4 is 57.8 Å². The first-order valence-electron chi connectivity index (χ1n) is 11.2. The number of benzene rings is 1. The third kappa shape index (κ3) is 7.32. The first-order chi connectivity index (χ1) is 17.0. The van der Waals surface area contributed by atoms with E-state index in [-0.39, 0.29) is 5.24 Å². The molecule has 0 bridgehead atoms. The number of aliphatic hydroxyl groups is 1. The van der Waals surface area contributed by atoms with Gasteiger partial charge in [-0.2, -0.15) is 11.3 Å². The second-order valence-electron chi connectivity index (χ2n) is 8.06. The fraction of sp³-hybridized carbons (Fsp3) is 0.231. The number of hydrogen-bond donors (Lipinski definition) is 2. The summed E-state index contributed by atoms with van der Waals surface area (Å²) in [6, 6.07) is 13.6. The van der Waals surface area contributed by atoms with Crippen molar-refractivity contribution in [2.45, 2.75) is 25.4 Å². The van der Waals surface area contributed by atoms with Crippen LogP contribution in [-0.2, 0) is 12.8 Å². The summed E-state index contributed by atoms with van der Waals surface area (Å²) in [5, 5.41) is 29.1. The zero-order valence-corrected chi connectivity index (χ0v) is 21.4. The summed E-state index contributed by atoms with van der Waals surface area (Å²) < 4.78 is 0. The van der Waals surface area contributed by atoms with Crippen molar-refractivity contribution in [1.29, 1.82) is 0 Å². The fourth-order valence-electron chi connectivity index (χ4n) is 3.70. The smallest absolute Gasteiger partial charge is 0.345 e. The van der Waals surface area contributed by atoms with Gasteiger partial charge in [0.1, 0.15) is 4.88 Å². The molecular formula is C26H26N2O4S3. The molecule has 3 aromatic rings. The number of hydrogen-bond acceptors (Lipinski definition) is 7. The molecule has 0 fully saturated rings. The van der Waals surface area contributed by atoms with Crippen molar-refractivity contribution in [1.82, 2.24) is 10.0 Å². The van der Waals surface area contributed by atoms with Gasteiger partial charge in [-0.15, -0.1) is 11.3 Å². The van der Waals surface area contributed by atoms with Crippen molar-refractivity contribution in [3.8, 4) is 0 Å². The van der Waals surface area contributed by atoms with Crippen LogP contribution < -0.4 is 0 Å². The Labute approximate surface area is 216 Å². The molecule has 2 N–H and O–H groups in total. The van der Waals surface area contributed by atoms with Crippen LogP contribution in [0.1, 0.15) is 37.7 Å². The van der Waals surface area contributed by atoms with Gasteiger partial charge in [0.25, 0.3) is 0 Å². The van der Waals surface area contributed by atoms with E-state index >= 15 is 0 Å². The molecule has 0 radical (unpaired) electrons. The third-order valence-corrected chi connectivity index (χ3v) is 7.99. The first kappa shape index (κ1) is 25.2. The molecule has 182 valence electrons. The quantitative estimate of drug-likeness (QED) is 0.316. The highest BCUT2D eigenvalue weighted by Crippen LogP contribution is 2.23. The lowest BCUT2D eigenvalue weighted by atomic mass is 10.0. The number of thioether (sulfide) groups is 1. The van der Waals surface area contributed by atoms with Crippen molar-refractivity contribution in [3.63, 3.8) is 0 Å². The van der Waals surface area contributed by atoms with Gasteiger partial charge in [0.2, 0.25) is 0 Å². The number of rotatable bonds is 11. The molecule has 35 heavy (non-hydrogen) atoms. The number of aliphatic hydroxyl groups excluding tert-OH is 1. The van der Waals surface area contributed by atoms with Crippen molar-refractivity contribution in [2.75, 3.05) is 13.1 Å². The first-order valence-corrected chi connectivity index (χ1v) is 13.8. The van der Waals surface area contributed by atoms with Crippen LogP contribution in [0.4, 0.5) is 4.79 Å². The van der Waals surface area contributed by atoms with Crippen molar-refractivity contribution in [3.05, 3.63) is 91.3 Å². The van der Waals surface area contributed by atoms with Gasteiger partial charge in [-0.05, 0) is 75.7 Å². The van der Waals surface area contributed by atoms with E-state index in [2.05, 4.69) is 35.0 Å². The van der Waals surface area contributed by atoms with Crippen LogP contribution >= 0.6 is 34.4 Å². The maximum Gasteiger partial charge on any atom is 0.345 e.